The molecule has 90 valence electrons. The Hall–Kier alpha value is -1.57. The molecule has 1 atom stereocenters. The number of nitrogens with one attached hydrogen (secondary N) is 1. The Morgan fingerprint density at radius 3 is 2.71 bits per heavy atom. The summed E-state index contributed by atoms with van der Waals surface area (Å²) in [6.45, 7) is 5.46. The van der Waals surface area contributed by atoms with E-state index in [4.69, 9.17) is 5.26 Å². The summed E-state index contributed by atoms with van der Waals surface area (Å²) >= 11 is 0. The van der Waals surface area contributed by atoms with E-state index in [9.17, 15) is 5.11 Å². The summed E-state index contributed by atoms with van der Waals surface area (Å²) in [6.07, 6.45) is -0.507. The van der Waals surface area contributed by atoms with Crippen LogP contribution in [0.4, 0.5) is 5.69 Å². The fourth-order valence-electron chi connectivity index (χ4n) is 2.15. The van der Waals surface area contributed by atoms with Crippen LogP contribution in [0.2, 0.25) is 0 Å². The molecule has 1 aromatic rings. The van der Waals surface area contributed by atoms with Crippen LogP contribution in [0.5, 0.6) is 0 Å². The van der Waals surface area contributed by atoms with Crippen molar-refractivity contribution in [1.29, 1.82) is 5.26 Å². The van der Waals surface area contributed by atoms with Crippen molar-refractivity contribution in [1.82, 2.24) is 5.32 Å². The van der Waals surface area contributed by atoms with E-state index < -0.39 is 6.10 Å². The van der Waals surface area contributed by atoms with Crippen molar-refractivity contribution < 1.29 is 5.11 Å². The minimum atomic E-state index is -0.507. The zero-order valence-electron chi connectivity index (χ0n) is 9.98. The van der Waals surface area contributed by atoms with Gasteiger partial charge in [-0.3, -0.25) is 0 Å². The van der Waals surface area contributed by atoms with E-state index in [1.54, 1.807) is 13.0 Å². The quantitative estimate of drug-likeness (QED) is 0.798. The normalized spacial score (nSPS) is 17.6. The first kappa shape index (κ1) is 11.9. The maximum Gasteiger partial charge on any atom is 0.0992 e. The summed E-state index contributed by atoms with van der Waals surface area (Å²) in [5.41, 5.74) is 2.52. The Morgan fingerprint density at radius 2 is 2.12 bits per heavy atom. The average Bonchev–Trinajstić information content (AvgIpc) is 2.39. The van der Waals surface area contributed by atoms with Crippen molar-refractivity contribution in [2.75, 3.05) is 31.1 Å². The van der Waals surface area contributed by atoms with Crippen LogP contribution in [-0.2, 0) is 0 Å². The van der Waals surface area contributed by atoms with Crippen molar-refractivity contribution in [3.63, 3.8) is 0 Å². The number of aliphatic hydroxyl groups is 1. The molecule has 0 unspecified atom stereocenters. The molecule has 0 spiro atoms. The molecule has 1 aliphatic heterocycles. The lowest BCUT2D eigenvalue weighted by Crippen LogP contribution is -2.44. The van der Waals surface area contributed by atoms with Gasteiger partial charge in [0.2, 0.25) is 0 Å². The molecule has 1 aliphatic rings. The predicted molar refractivity (Wildman–Crippen MR) is 66.9 cm³/mol. The fraction of sp³-hybridized carbons (Fsp3) is 0.462. The van der Waals surface area contributed by atoms with Gasteiger partial charge in [0.15, 0.2) is 0 Å². The molecule has 0 aliphatic carbocycles. The largest absolute Gasteiger partial charge is 0.389 e. The molecular weight excluding hydrogens is 214 g/mol. The second-order valence-corrected chi connectivity index (χ2v) is 4.30. The molecule has 0 saturated carbocycles. The van der Waals surface area contributed by atoms with Gasteiger partial charge >= 0.3 is 0 Å². The van der Waals surface area contributed by atoms with Gasteiger partial charge in [-0.25, -0.2) is 0 Å². The Morgan fingerprint density at radius 1 is 1.41 bits per heavy atom. The maximum atomic E-state index is 9.77. The van der Waals surface area contributed by atoms with Crippen molar-refractivity contribution >= 4 is 5.69 Å². The van der Waals surface area contributed by atoms with E-state index in [0.717, 1.165) is 37.4 Å². The van der Waals surface area contributed by atoms with E-state index in [1.807, 2.05) is 12.1 Å². The summed E-state index contributed by atoms with van der Waals surface area (Å²) in [5, 5.41) is 22.0. The number of piperazine rings is 1. The number of nitrogens with zero attached hydrogens (tertiary/aromatic N) is 2. The van der Waals surface area contributed by atoms with Gasteiger partial charge in [-0.05, 0) is 19.1 Å². The van der Waals surface area contributed by atoms with Crippen LogP contribution in [0.3, 0.4) is 0 Å². The second kappa shape index (κ2) is 5.17. The first-order valence-electron chi connectivity index (χ1n) is 5.90. The first-order chi connectivity index (χ1) is 8.22. The van der Waals surface area contributed by atoms with Crippen molar-refractivity contribution in [3.05, 3.63) is 29.3 Å². The highest BCUT2D eigenvalue weighted by Crippen LogP contribution is 2.27. The second-order valence-electron chi connectivity index (χ2n) is 4.30. The molecule has 0 amide bonds. The molecular formula is C13H17N3O. The monoisotopic (exact) mass is 231 g/mol. The molecule has 4 nitrogen and oxygen atoms in total. The minimum absolute atomic E-state index is 0.507. The molecule has 0 aromatic heterocycles. The highest BCUT2D eigenvalue weighted by atomic mass is 16.3. The SMILES string of the molecule is C[C@@H](O)c1ccc(C#N)cc1N1CCNCC1. The lowest BCUT2D eigenvalue weighted by molar-refractivity contribution is 0.199. The highest BCUT2D eigenvalue weighted by Gasteiger charge is 2.17. The van der Waals surface area contributed by atoms with Gasteiger partial charge < -0.3 is 15.3 Å². The molecule has 17 heavy (non-hydrogen) atoms. The van der Waals surface area contributed by atoms with E-state index in [2.05, 4.69) is 16.3 Å². The van der Waals surface area contributed by atoms with E-state index in [-0.39, 0.29) is 0 Å². The molecule has 2 N–H and O–H groups in total. The molecule has 4 heteroatoms. The van der Waals surface area contributed by atoms with Gasteiger partial charge in [-0.2, -0.15) is 5.26 Å². The summed E-state index contributed by atoms with van der Waals surface area (Å²) in [4.78, 5) is 2.22. The lowest BCUT2D eigenvalue weighted by atomic mass is 10.0. The third kappa shape index (κ3) is 2.57. The highest BCUT2D eigenvalue weighted by molar-refractivity contribution is 5.58. The van der Waals surface area contributed by atoms with Gasteiger partial charge in [0, 0.05) is 37.4 Å². The topological polar surface area (TPSA) is 59.3 Å². The van der Waals surface area contributed by atoms with Gasteiger partial charge in [0.05, 0.1) is 17.7 Å². The zero-order valence-corrected chi connectivity index (χ0v) is 9.98. The zero-order chi connectivity index (χ0) is 12.3. The molecule has 1 fully saturated rings. The summed E-state index contributed by atoms with van der Waals surface area (Å²) in [7, 11) is 0. The Bertz CT molecular complexity index is 431. The first-order valence-corrected chi connectivity index (χ1v) is 5.90. The molecule has 1 saturated heterocycles. The summed E-state index contributed by atoms with van der Waals surface area (Å²) in [6, 6.07) is 7.62. The lowest BCUT2D eigenvalue weighted by Gasteiger charge is -2.31. The molecule has 1 heterocycles. The van der Waals surface area contributed by atoms with Crippen LogP contribution in [0.15, 0.2) is 18.2 Å². The molecule has 0 radical (unpaired) electrons. The number of rotatable bonds is 2. The van der Waals surface area contributed by atoms with E-state index in [1.165, 1.54) is 0 Å². The Balaban J connectivity index is 2.37. The standard InChI is InChI=1S/C13H17N3O/c1-10(17)12-3-2-11(9-14)8-13(12)16-6-4-15-5-7-16/h2-3,8,10,15,17H,4-7H2,1H3/t10-/m1/s1. The van der Waals surface area contributed by atoms with Crippen LogP contribution in [0, 0.1) is 11.3 Å². The summed E-state index contributed by atoms with van der Waals surface area (Å²) in [5.74, 6) is 0. The van der Waals surface area contributed by atoms with Crippen molar-refractivity contribution in [2.24, 2.45) is 0 Å². The van der Waals surface area contributed by atoms with Crippen LogP contribution >= 0.6 is 0 Å². The smallest absolute Gasteiger partial charge is 0.0992 e. The van der Waals surface area contributed by atoms with Gasteiger partial charge in [-0.1, -0.05) is 6.07 Å². The van der Waals surface area contributed by atoms with Crippen LogP contribution < -0.4 is 10.2 Å². The number of anilines is 1. The van der Waals surface area contributed by atoms with Crippen LogP contribution in [-0.4, -0.2) is 31.3 Å². The van der Waals surface area contributed by atoms with Crippen molar-refractivity contribution in [2.45, 2.75) is 13.0 Å². The van der Waals surface area contributed by atoms with Crippen LogP contribution in [0.25, 0.3) is 0 Å². The maximum absolute atomic E-state index is 9.77. The molecule has 2 rings (SSSR count). The van der Waals surface area contributed by atoms with E-state index in [0.29, 0.717) is 5.56 Å². The minimum Gasteiger partial charge on any atom is -0.389 e. The number of nitriles is 1. The Labute approximate surface area is 101 Å². The number of aliphatic hydroxyl groups excluding tert-OH is 1. The van der Waals surface area contributed by atoms with E-state index >= 15 is 0 Å². The van der Waals surface area contributed by atoms with Gasteiger partial charge in [-0.15, -0.1) is 0 Å². The third-order valence-electron chi connectivity index (χ3n) is 3.07. The van der Waals surface area contributed by atoms with Gasteiger partial charge in [0.1, 0.15) is 0 Å². The fourth-order valence-corrected chi connectivity index (χ4v) is 2.15. The van der Waals surface area contributed by atoms with Gasteiger partial charge in [0.25, 0.3) is 0 Å². The third-order valence-corrected chi connectivity index (χ3v) is 3.07. The van der Waals surface area contributed by atoms with Crippen LogP contribution in [0.1, 0.15) is 24.2 Å². The Kier molecular flexibility index (Phi) is 3.62. The number of hydrogen-bond donors (Lipinski definition) is 2. The molecule has 0 bridgehead atoms. The number of hydrogen-bond acceptors (Lipinski definition) is 4. The average molecular weight is 231 g/mol. The number of benzene rings is 1. The summed E-state index contributed by atoms with van der Waals surface area (Å²) < 4.78 is 0. The predicted octanol–water partition coefficient (Wildman–Crippen LogP) is 1.02. The molecule has 1 aromatic carbocycles. The van der Waals surface area contributed by atoms with Crippen molar-refractivity contribution in [3.8, 4) is 6.07 Å².